The summed E-state index contributed by atoms with van der Waals surface area (Å²) in [6.45, 7) is 1.01. The van der Waals surface area contributed by atoms with E-state index in [0.717, 1.165) is 23.3 Å². The fourth-order valence-electron chi connectivity index (χ4n) is 2.91. The smallest absolute Gasteiger partial charge is 0.243 e. The Labute approximate surface area is 157 Å². The molecule has 0 saturated carbocycles. The number of carbonyl (C=O) groups excluding carboxylic acids is 2. The van der Waals surface area contributed by atoms with Crippen LogP contribution in [0.25, 0.3) is 0 Å². The molecule has 0 fully saturated rings. The molecule has 0 bridgehead atoms. The Bertz CT molecular complexity index is 819. The highest BCUT2D eigenvalue weighted by molar-refractivity contribution is 6.02. The van der Waals surface area contributed by atoms with Gasteiger partial charge in [-0.05, 0) is 29.7 Å². The van der Waals surface area contributed by atoms with E-state index in [9.17, 15) is 14.0 Å². The fourth-order valence-corrected chi connectivity index (χ4v) is 2.91. The molecule has 0 atom stereocenters. The molecule has 1 aliphatic rings. The lowest BCUT2D eigenvalue weighted by molar-refractivity contribution is -0.133. The van der Waals surface area contributed by atoms with Gasteiger partial charge in [0.25, 0.3) is 0 Å². The van der Waals surface area contributed by atoms with Gasteiger partial charge in [-0.2, -0.15) is 5.10 Å². The van der Waals surface area contributed by atoms with E-state index in [1.54, 1.807) is 12.1 Å². The van der Waals surface area contributed by atoms with Crippen molar-refractivity contribution in [2.45, 2.75) is 25.7 Å². The molecule has 1 aliphatic heterocycles. The van der Waals surface area contributed by atoms with Gasteiger partial charge >= 0.3 is 0 Å². The molecule has 0 aliphatic carbocycles. The van der Waals surface area contributed by atoms with Crippen LogP contribution in [0.1, 0.15) is 30.4 Å². The third-order valence-corrected chi connectivity index (χ3v) is 4.41. The number of halogens is 1. The number of amides is 2. The van der Waals surface area contributed by atoms with E-state index in [2.05, 4.69) is 10.4 Å². The largest absolute Gasteiger partial charge is 0.356 e. The molecular formula is C21H22FN3O2. The summed E-state index contributed by atoms with van der Waals surface area (Å²) in [5, 5.41) is 8.62. The maximum absolute atomic E-state index is 12.8. The van der Waals surface area contributed by atoms with Crippen molar-refractivity contribution in [2.75, 3.05) is 13.1 Å². The highest BCUT2D eigenvalue weighted by Crippen LogP contribution is 2.15. The van der Waals surface area contributed by atoms with Crippen LogP contribution in [0.2, 0.25) is 0 Å². The second-order valence-corrected chi connectivity index (χ2v) is 6.41. The molecule has 0 aromatic heterocycles. The second-order valence-electron chi connectivity index (χ2n) is 6.41. The van der Waals surface area contributed by atoms with E-state index >= 15 is 0 Å². The Hall–Kier alpha value is -3.02. The number of nitrogens with zero attached hydrogens (tertiary/aromatic N) is 2. The molecule has 27 heavy (non-hydrogen) atoms. The van der Waals surface area contributed by atoms with Crippen molar-refractivity contribution >= 4 is 17.5 Å². The van der Waals surface area contributed by atoms with E-state index in [1.165, 1.54) is 17.1 Å². The number of hydrogen-bond donors (Lipinski definition) is 1. The highest BCUT2D eigenvalue weighted by Gasteiger charge is 2.21. The number of benzene rings is 2. The summed E-state index contributed by atoms with van der Waals surface area (Å²) in [7, 11) is 0. The van der Waals surface area contributed by atoms with Gasteiger partial charge in [-0.1, -0.05) is 42.5 Å². The van der Waals surface area contributed by atoms with E-state index in [1.807, 2.05) is 30.3 Å². The van der Waals surface area contributed by atoms with Crippen molar-refractivity contribution in [3.8, 4) is 0 Å². The SMILES string of the molecule is O=C(CCC(=O)N1CCC(c2ccccc2)=N1)NCCc1ccc(F)cc1. The third-order valence-electron chi connectivity index (χ3n) is 4.41. The summed E-state index contributed by atoms with van der Waals surface area (Å²) in [4.78, 5) is 24.2. The molecule has 2 aromatic carbocycles. The summed E-state index contributed by atoms with van der Waals surface area (Å²) < 4.78 is 12.8. The van der Waals surface area contributed by atoms with Gasteiger partial charge in [0.1, 0.15) is 5.82 Å². The highest BCUT2D eigenvalue weighted by atomic mass is 19.1. The Kier molecular flexibility index (Phi) is 6.30. The Morgan fingerprint density at radius 1 is 1.04 bits per heavy atom. The normalized spacial score (nSPS) is 13.4. The van der Waals surface area contributed by atoms with Crippen molar-refractivity contribution in [3.63, 3.8) is 0 Å². The minimum Gasteiger partial charge on any atom is -0.356 e. The topological polar surface area (TPSA) is 61.8 Å². The fraction of sp³-hybridized carbons (Fsp3) is 0.286. The first-order valence-electron chi connectivity index (χ1n) is 9.06. The summed E-state index contributed by atoms with van der Waals surface area (Å²) in [6.07, 6.45) is 1.61. The second kappa shape index (κ2) is 9.07. The molecule has 2 aromatic rings. The average Bonchev–Trinajstić information content (AvgIpc) is 3.19. The first kappa shape index (κ1) is 18.8. The lowest BCUT2D eigenvalue weighted by atomic mass is 10.1. The zero-order chi connectivity index (χ0) is 19.1. The van der Waals surface area contributed by atoms with Crippen LogP contribution in [0.15, 0.2) is 59.7 Å². The number of nitrogens with one attached hydrogen (secondary N) is 1. The summed E-state index contributed by atoms with van der Waals surface area (Å²) in [6, 6.07) is 16.0. The summed E-state index contributed by atoms with van der Waals surface area (Å²) >= 11 is 0. The lowest BCUT2D eigenvalue weighted by Gasteiger charge is -2.11. The predicted octanol–water partition coefficient (Wildman–Crippen LogP) is 2.90. The van der Waals surface area contributed by atoms with E-state index < -0.39 is 0 Å². The molecule has 0 saturated heterocycles. The molecule has 2 amide bonds. The number of carbonyl (C=O) groups is 2. The Morgan fingerprint density at radius 2 is 1.78 bits per heavy atom. The molecule has 5 nitrogen and oxygen atoms in total. The Morgan fingerprint density at radius 3 is 2.52 bits per heavy atom. The molecule has 0 spiro atoms. The molecule has 3 rings (SSSR count). The van der Waals surface area contributed by atoms with Crippen LogP contribution in [0.3, 0.4) is 0 Å². The average molecular weight is 367 g/mol. The monoisotopic (exact) mass is 367 g/mol. The van der Waals surface area contributed by atoms with Gasteiger partial charge in [0.05, 0.1) is 12.3 Å². The van der Waals surface area contributed by atoms with Crippen LogP contribution in [0.5, 0.6) is 0 Å². The molecule has 1 N–H and O–H groups in total. The van der Waals surface area contributed by atoms with Gasteiger partial charge in [-0.25, -0.2) is 9.40 Å². The van der Waals surface area contributed by atoms with Gasteiger partial charge in [-0.3, -0.25) is 9.59 Å². The van der Waals surface area contributed by atoms with Crippen molar-refractivity contribution in [1.82, 2.24) is 10.3 Å². The first-order valence-corrected chi connectivity index (χ1v) is 9.06. The minimum atomic E-state index is -0.277. The molecule has 140 valence electrons. The van der Waals surface area contributed by atoms with Gasteiger partial charge < -0.3 is 5.32 Å². The van der Waals surface area contributed by atoms with E-state index in [0.29, 0.717) is 19.5 Å². The quantitative estimate of drug-likeness (QED) is 0.818. The number of hydrazone groups is 1. The van der Waals surface area contributed by atoms with Crippen LogP contribution >= 0.6 is 0 Å². The molecule has 1 heterocycles. The Balaban J connectivity index is 1.39. The molecule has 0 radical (unpaired) electrons. The van der Waals surface area contributed by atoms with Gasteiger partial charge in [-0.15, -0.1) is 0 Å². The van der Waals surface area contributed by atoms with Crippen LogP contribution in [0, 0.1) is 5.82 Å². The first-order chi connectivity index (χ1) is 13.1. The van der Waals surface area contributed by atoms with Crippen LogP contribution in [-0.4, -0.2) is 35.6 Å². The molecular weight excluding hydrogens is 345 g/mol. The van der Waals surface area contributed by atoms with Crippen LogP contribution < -0.4 is 5.32 Å². The maximum atomic E-state index is 12.8. The zero-order valence-corrected chi connectivity index (χ0v) is 15.0. The predicted molar refractivity (Wildman–Crippen MR) is 102 cm³/mol. The van der Waals surface area contributed by atoms with Crippen molar-refractivity contribution < 1.29 is 14.0 Å². The zero-order valence-electron chi connectivity index (χ0n) is 15.0. The van der Waals surface area contributed by atoms with E-state index in [-0.39, 0.29) is 30.5 Å². The summed E-state index contributed by atoms with van der Waals surface area (Å²) in [5.74, 6) is -0.590. The standard InChI is InChI=1S/C21H22FN3O2/c22-18-8-6-16(7-9-18)12-14-23-20(26)10-11-21(27)25-15-13-19(24-25)17-4-2-1-3-5-17/h1-9H,10-15H2,(H,23,26). The van der Waals surface area contributed by atoms with Crippen molar-refractivity contribution in [3.05, 3.63) is 71.5 Å². The lowest BCUT2D eigenvalue weighted by Crippen LogP contribution is -2.29. The molecule has 6 heteroatoms. The van der Waals surface area contributed by atoms with Gasteiger partial charge in [0, 0.05) is 25.8 Å². The van der Waals surface area contributed by atoms with Crippen LogP contribution in [-0.2, 0) is 16.0 Å². The van der Waals surface area contributed by atoms with Crippen molar-refractivity contribution in [2.24, 2.45) is 5.10 Å². The van der Waals surface area contributed by atoms with Gasteiger partial charge in [0.2, 0.25) is 11.8 Å². The van der Waals surface area contributed by atoms with Crippen molar-refractivity contribution in [1.29, 1.82) is 0 Å². The van der Waals surface area contributed by atoms with Crippen LogP contribution in [0.4, 0.5) is 4.39 Å². The maximum Gasteiger partial charge on any atom is 0.243 e. The minimum absolute atomic E-state index is 0.133. The molecule has 0 unspecified atom stereocenters. The van der Waals surface area contributed by atoms with Gasteiger partial charge in [0.15, 0.2) is 0 Å². The number of hydrogen-bond acceptors (Lipinski definition) is 3. The number of rotatable bonds is 7. The van der Waals surface area contributed by atoms with E-state index in [4.69, 9.17) is 0 Å². The summed E-state index contributed by atoms with van der Waals surface area (Å²) in [5.41, 5.74) is 2.87. The third kappa shape index (κ3) is 5.48.